The lowest BCUT2D eigenvalue weighted by atomic mass is 10.1. The number of rotatable bonds is 9. The summed E-state index contributed by atoms with van der Waals surface area (Å²) in [5.74, 6) is 0.280. The van der Waals surface area contributed by atoms with Crippen molar-refractivity contribution in [2.45, 2.75) is 17.1 Å². The van der Waals surface area contributed by atoms with Crippen LogP contribution in [0, 0.1) is 5.82 Å². The Morgan fingerprint density at radius 1 is 1.09 bits per heavy atom. The van der Waals surface area contributed by atoms with Crippen LogP contribution in [0.1, 0.15) is 17.0 Å². The fourth-order valence-corrected chi connectivity index (χ4v) is 4.33. The summed E-state index contributed by atoms with van der Waals surface area (Å²) in [5.41, 5.74) is 2.22. The third-order valence-electron chi connectivity index (χ3n) is 4.37. The predicted octanol–water partition coefficient (Wildman–Crippen LogP) is 6.63. The largest absolute Gasteiger partial charge is 0.491 e. The lowest BCUT2D eigenvalue weighted by Gasteiger charge is -2.11. The first-order valence-electron chi connectivity index (χ1n) is 9.66. The molecule has 8 heteroatoms. The van der Waals surface area contributed by atoms with Crippen LogP contribution in [0.5, 0.6) is 5.75 Å². The van der Waals surface area contributed by atoms with Crippen molar-refractivity contribution in [3.63, 3.8) is 0 Å². The molecule has 1 aromatic heterocycles. The Bertz CT molecular complexity index is 1090. The van der Waals surface area contributed by atoms with Crippen LogP contribution in [0.15, 0.2) is 65.6 Å². The minimum atomic E-state index is -0.494. The topological polar surface area (TPSA) is 48.4 Å². The maximum atomic E-state index is 13.1. The van der Waals surface area contributed by atoms with E-state index in [4.69, 9.17) is 27.9 Å². The van der Waals surface area contributed by atoms with Gasteiger partial charge in [0.25, 0.3) is 0 Å². The summed E-state index contributed by atoms with van der Waals surface area (Å²) >= 11 is 14.0. The molecule has 0 atom stereocenters. The van der Waals surface area contributed by atoms with Gasteiger partial charge >= 0.3 is 5.97 Å². The molecular weight excluding hydrogens is 472 g/mol. The number of benzene rings is 2. The third-order valence-corrected chi connectivity index (χ3v) is 6.39. The van der Waals surface area contributed by atoms with E-state index < -0.39 is 5.97 Å². The van der Waals surface area contributed by atoms with E-state index in [1.54, 1.807) is 42.5 Å². The highest BCUT2D eigenvalue weighted by Gasteiger charge is 2.10. The smallest absolute Gasteiger partial charge is 0.330 e. The number of carbonyl (C=O) groups is 1. The van der Waals surface area contributed by atoms with Gasteiger partial charge in [-0.25, -0.2) is 14.2 Å². The molecule has 4 nitrogen and oxygen atoms in total. The first-order valence-corrected chi connectivity index (χ1v) is 11.4. The van der Waals surface area contributed by atoms with Crippen molar-refractivity contribution in [1.29, 1.82) is 0 Å². The number of halogens is 3. The number of esters is 1. The Morgan fingerprint density at radius 2 is 1.81 bits per heavy atom. The molecule has 0 aliphatic carbocycles. The normalized spacial score (nSPS) is 11.0. The van der Waals surface area contributed by atoms with Gasteiger partial charge in [0.05, 0.1) is 29.5 Å². The predicted molar refractivity (Wildman–Crippen MR) is 127 cm³/mol. The van der Waals surface area contributed by atoms with E-state index in [2.05, 4.69) is 9.72 Å². The van der Waals surface area contributed by atoms with E-state index in [0.29, 0.717) is 40.3 Å². The van der Waals surface area contributed by atoms with Crippen LogP contribution in [-0.2, 0) is 21.7 Å². The molecule has 0 N–H and O–H groups in total. The van der Waals surface area contributed by atoms with Crippen LogP contribution in [0.2, 0.25) is 10.0 Å². The molecule has 0 aliphatic heterocycles. The number of methoxy groups -OCH3 is 1. The van der Waals surface area contributed by atoms with Crippen LogP contribution < -0.4 is 4.74 Å². The zero-order valence-electron chi connectivity index (χ0n) is 17.2. The summed E-state index contributed by atoms with van der Waals surface area (Å²) in [7, 11) is 1.31. The van der Waals surface area contributed by atoms with E-state index >= 15 is 0 Å². The quantitative estimate of drug-likeness (QED) is 0.191. The average molecular weight is 492 g/mol. The number of hydrogen-bond donors (Lipinski definition) is 0. The van der Waals surface area contributed by atoms with Crippen molar-refractivity contribution in [2.24, 2.45) is 0 Å². The Hall–Kier alpha value is -2.54. The number of ether oxygens (including phenoxy) is 2. The van der Waals surface area contributed by atoms with Crippen LogP contribution >= 0.6 is 35.0 Å². The molecule has 166 valence electrons. The van der Waals surface area contributed by atoms with Crippen molar-refractivity contribution in [2.75, 3.05) is 13.7 Å². The Morgan fingerprint density at radius 3 is 2.50 bits per heavy atom. The zero-order chi connectivity index (χ0) is 22.9. The van der Waals surface area contributed by atoms with Gasteiger partial charge < -0.3 is 9.47 Å². The monoisotopic (exact) mass is 491 g/mol. The molecule has 1 heterocycles. The van der Waals surface area contributed by atoms with Gasteiger partial charge in [-0.3, -0.25) is 0 Å². The summed E-state index contributed by atoms with van der Waals surface area (Å²) in [6.45, 7) is 0.371. The van der Waals surface area contributed by atoms with Gasteiger partial charge in [-0.15, -0.1) is 11.8 Å². The first-order chi connectivity index (χ1) is 15.5. The maximum Gasteiger partial charge on any atom is 0.330 e. The van der Waals surface area contributed by atoms with Crippen LogP contribution in [0.3, 0.4) is 0 Å². The average Bonchev–Trinajstić information content (AvgIpc) is 2.79. The van der Waals surface area contributed by atoms with Crippen molar-refractivity contribution in [1.82, 2.24) is 4.98 Å². The molecule has 0 amide bonds. The standard InChI is InChI=1S/C24H20Cl2FNO3S/c1-30-23(29)12-10-21-22(31-14-13-16-5-7-17(27)8-6-16)11-9-18(28-21)15-32-24-19(25)3-2-4-20(24)26/h2-12H,13-15H2,1H3/b12-10+. The second kappa shape index (κ2) is 11.9. The Balaban J connectivity index is 1.73. The lowest BCUT2D eigenvalue weighted by molar-refractivity contribution is -0.134. The summed E-state index contributed by atoms with van der Waals surface area (Å²) in [4.78, 5) is 16.9. The summed E-state index contributed by atoms with van der Waals surface area (Å²) < 4.78 is 23.6. The van der Waals surface area contributed by atoms with Crippen molar-refractivity contribution >= 4 is 47.0 Å². The van der Waals surface area contributed by atoms with Gasteiger partial charge in [-0.1, -0.05) is 41.4 Å². The van der Waals surface area contributed by atoms with Crippen molar-refractivity contribution in [3.8, 4) is 5.75 Å². The summed E-state index contributed by atoms with van der Waals surface area (Å²) in [6.07, 6.45) is 3.44. The molecule has 0 fully saturated rings. The highest BCUT2D eigenvalue weighted by Crippen LogP contribution is 2.35. The Labute approximate surface area is 200 Å². The molecule has 3 rings (SSSR count). The second-order valence-corrected chi connectivity index (χ2v) is 8.41. The number of hydrogen-bond acceptors (Lipinski definition) is 5. The minimum absolute atomic E-state index is 0.277. The number of nitrogens with zero attached hydrogens (tertiary/aromatic N) is 1. The molecule has 3 aromatic rings. The fraction of sp³-hybridized carbons (Fsp3) is 0.167. The highest BCUT2D eigenvalue weighted by atomic mass is 35.5. The molecule has 0 spiro atoms. The molecule has 0 radical (unpaired) electrons. The van der Waals surface area contributed by atoms with Crippen molar-refractivity contribution < 1.29 is 18.7 Å². The molecule has 0 saturated carbocycles. The molecule has 0 unspecified atom stereocenters. The summed E-state index contributed by atoms with van der Waals surface area (Å²) in [5, 5.41) is 1.16. The van der Waals surface area contributed by atoms with E-state index in [-0.39, 0.29) is 5.82 Å². The molecule has 32 heavy (non-hydrogen) atoms. The van der Waals surface area contributed by atoms with E-state index in [1.807, 2.05) is 6.07 Å². The van der Waals surface area contributed by atoms with Gasteiger partial charge in [-0.05, 0) is 48.0 Å². The SMILES string of the molecule is COC(=O)/C=C/c1nc(CSc2c(Cl)cccc2Cl)ccc1OCCc1ccc(F)cc1. The van der Waals surface area contributed by atoms with Gasteiger partial charge in [0.15, 0.2) is 0 Å². The van der Waals surface area contributed by atoms with E-state index in [0.717, 1.165) is 16.2 Å². The Kier molecular flexibility index (Phi) is 8.97. The van der Waals surface area contributed by atoms with Crippen LogP contribution in [-0.4, -0.2) is 24.7 Å². The lowest BCUT2D eigenvalue weighted by Crippen LogP contribution is -2.04. The van der Waals surface area contributed by atoms with Gasteiger partial charge in [-0.2, -0.15) is 0 Å². The third kappa shape index (κ3) is 6.99. The van der Waals surface area contributed by atoms with Gasteiger partial charge in [0.2, 0.25) is 0 Å². The second-order valence-electron chi connectivity index (χ2n) is 6.61. The minimum Gasteiger partial charge on any atom is -0.491 e. The number of aromatic nitrogens is 1. The first kappa shape index (κ1) is 24.1. The molecule has 0 saturated heterocycles. The molecule has 2 aromatic carbocycles. The van der Waals surface area contributed by atoms with Crippen LogP contribution in [0.25, 0.3) is 6.08 Å². The van der Waals surface area contributed by atoms with Crippen LogP contribution in [0.4, 0.5) is 4.39 Å². The highest BCUT2D eigenvalue weighted by molar-refractivity contribution is 7.98. The van der Waals surface area contributed by atoms with Gasteiger partial charge in [0, 0.05) is 23.1 Å². The number of carbonyl (C=O) groups excluding carboxylic acids is 1. The van der Waals surface area contributed by atoms with E-state index in [1.165, 1.54) is 37.1 Å². The molecular formula is C24H20Cl2FNO3S. The maximum absolute atomic E-state index is 13.1. The number of pyridine rings is 1. The van der Waals surface area contributed by atoms with Gasteiger partial charge in [0.1, 0.15) is 17.3 Å². The molecule has 0 aliphatic rings. The zero-order valence-corrected chi connectivity index (χ0v) is 19.5. The van der Waals surface area contributed by atoms with E-state index in [9.17, 15) is 9.18 Å². The number of thioether (sulfide) groups is 1. The fourth-order valence-electron chi connectivity index (χ4n) is 2.74. The molecule has 0 bridgehead atoms. The van der Waals surface area contributed by atoms with Crippen molar-refractivity contribution in [3.05, 3.63) is 93.5 Å². The summed E-state index contributed by atoms with van der Waals surface area (Å²) in [6, 6.07) is 15.3.